The molecule has 3 rings (SSSR count). The van der Waals surface area contributed by atoms with E-state index in [0.29, 0.717) is 5.56 Å². The van der Waals surface area contributed by atoms with Crippen LogP contribution in [0, 0.1) is 6.92 Å². The molecule has 126 valence electrons. The second-order valence-corrected chi connectivity index (χ2v) is 5.76. The summed E-state index contributed by atoms with van der Waals surface area (Å²) in [6.45, 7) is 2.08. The van der Waals surface area contributed by atoms with Crippen molar-refractivity contribution in [2.45, 2.75) is 13.0 Å². The highest BCUT2D eigenvalue weighted by atomic mass is 16.3. The summed E-state index contributed by atoms with van der Waals surface area (Å²) in [6.07, 6.45) is 4.03. The lowest BCUT2D eigenvalue weighted by Gasteiger charge is -2.15. The van der Waals surface area contributed by atoms with Gasteiger partial charge >= 0.3 is 0 Å². The number of aliphatic hydroxyl groups excluding tert-OH is 1. The van der Waals surface area contributed by atoms with Gasteiger partial charge in [0.1, 0.15) is 6.33 Å². The molecule has 25 heavy (non-hydrogen) atoms. The van der Waals surface area contributed by atoms with Crippen LogP contribution in [-0.2, 0) is 0 Å². The van der Waals surface area contributed by atoms with Crippen LogP contribution in [-0.4, -0.2) is 27.5 Å². The zero-order chi connectivity index (χ0) is 17.6. The van der Waals surface area contributed by atoms with Crippen molar-refractivity contribution in [2.75, 3.05) is 6.54 Å². The Kier molecular flexibility index (Phi) is 5.16. The molecule has 0 bridgehead atoms. The van der Waals surface area contributed by atoms with Gasteiger partial charge in [0, 0.05) is 30.1 Å². The number of benzene rings is 2. The monoisotopic (exact) mass is 333 g/mol. The topological polar surface area (TPSA) is 75.1 Å². The molecule has 0 fully saturated rings. The van der Waals surface area contributed by atoms with Gasteiger partial charge in [0.15, 0.2) is 0 Å². The van der Waals surface area contributed by atoms with E-state index in [1.807, 2.05) is 43.3 Å². The molecule has 0 radical (unpaired) electrons. The van der Waals surface area contributed by atoms with Crippen LogP contribution in [0.2, 0.25) is 0 Å². The van der Waals surface area contributed by atoms with Crippen molar-refractivity contribution in [3.8, 4) is 11.1 Å². The molecule has 0 aliphatic rings. The molecule has 1 aromatic heterocycles. The van der Waals surface area contributed by atoms with Crippen LogP contribution >= 0.6 is 0 Å². The fourth-order valence-corrected chi connectivity index (χ4v) is 2.73. The van der Waals surface area contributed by atoms with Gasteiger partial charge in [0.25, 0.3) is 5.91 Å². The second kappa shape index (κ2) is 7.68. The molecule has 1 heterocycles. The maximum Gasteiger partial charge on any atom is 0.252 e. The van der Waals surface area contributed by atoms with E-state index in [4.69, 9.17) is 0 Å². The van der Waals surface area contributed by atoms with E-state index >= 15 is 0 Å². The maximum atomic E-state index is 12.6. The zero-order valence-electron chi connectivity index (χ0n) is 13.9. The SMILES string of the molecule is Cc1ccccc1C(O)CNC(=O)c1ccccc1-c1cncnc1. The average molecular weight is 333 g/mol. The fourth-order valence-electron chi connectivity index (χ4n) is 2.73. The number of amides is 1. The average Bonchev–Trinajstić information content (AvgIpc) is 2.67. The number of hydrogen-bond acceptors (Lipinski definition) is 4. The highest BCUT2D eigenvalue weighted by Crippen LogP contribution is 2.22. The van der Waals surface area contributed by atoms with Gasteiger partial charge in [-0.25, -0.2) is 9.97 Å². The number of aliphatic hydroxyl groups is 1. The molecule has 1 amide bonds. The van der Waals surface area contributed by atoms with Gasteiger partial charge < -0.3 is 10.4 Å². The normalized spacial score (nSPS) is 11.8. The van der Waals surface area contributed by atoms with Crippen molar-refractivity contribution < 1.29 is 9.90 Å². The van der Waals surface area contributed by atoms with Gasteiger partial charge in [-0.05, 0) is 29.7 Å². The van der Waals surface area contributed by atoms with Crippen molar-refractivity contribution in [1.82, 2.24) is 15.3 Å². The van der Waals surface area contributed by atoms with E-state index in [2.05, 4.69) is 15.3 Å². The summed E-state index contributed by atoms with van der Waals surface area (Å²) in [4.78, 5) is 20.6. The summed E-state index contributed by atoms with van der Waals surface area (Å²) < 4.78 is 0. The Balaban J connectivity index is 1.75. The summed E-state index contributed by atoms with van der Waals surface area (Å²) >= 11 is 0. The Morgan fingerprint density at radius 2 is 1.76 bits per heavy atom. The minimum absolute atomic E-state index is 0.142. The second-order valence-electron chi connectivity index (χ2n) is 5.76. The largest absolute Gasteiger partial charge is 0.387 e. The van der Waals surface area contributed by atoms with Crippen LogP contribution < -0.4 is 5.32 Å². The van der Waals surface area contributed by atoms with E-state index < -0.39 is 6.10 Å². The lowest BCUT2D eigenvalue weighted by molar-refractivity contribution is 0.0916. The standard InChI is InChI=1S/C20H19N3O2/c1-14-6-2-3-7-16(14)19(24)12-23-20(25)18-9-5-4-8-17(18)15-10-21-13-22-11-15/h2-11,13,19,24H,12H2,1H3,(H,23,25). The van der Waals surface area contributed by atoms with Crippen LogP contribution in [0.3, 0.4) is 0 Å². The Hall–Kier alpha value is -3.05. The number of carbonyl (C=O) groups excluding carboxylic acids is 1. The van der Waals surface area contributed by atoms with Crippen molar-refractivity contribution in [1.29, 1.82) is 0 Å². The van der Waals surface area contributed by atoms with E-state index in [1.165, 1.54) is 6.33 Å². The minimum atomic E-state index is -0.752. The van der Waals surface area contributed by atoms with Crippen molar-refractivity contribution >= 4 is 5.91 Å². The van der Waals surface area contributed by atoms with Crippen molar-refractivity contribution in [3.63, 3.8) is 0 Å². The van der Waals surface area contributed by atoms with Gasteiger partial charge in [-0.2, -0.15) is 0 Å². The van der Waals surface area contributed by atoms with Gasteiger partial charge in [-0.1, -0.05) is 42.5 Å². The molecule has 5 nitrogen and oxygen atoms in total. The summed E-state index contributed by atoms with van der Waals surface area (Å²) in [6, 6.07) is 14.9. The minimum Gasteiger partial charge on any atom is -0.387 e. The third kappa shape index (κ3) is 3.89. The quantitative estimate of drug-likeness (QED) is 0.753. The molecule has 0 spiro atoms. The summed E-state index contributed by atoms with van der Waals surface area (Å²) in [5, 5.41) is 13.2. The third-order valence-corrected chi connectivity index (χ3v) is 4.05. The molecular weight excluding hydrogens is 314 g/mol. The fraction of sp³-hybridized carbons (Fsp3) is 0.150. The predicted molar refractivity (Wildman–Crippen MR) is 95.9 cm³/mol. The van der Waals surface area contributed by atoms with E-state index in [0.717, 1.165) is 22.3 Å². The predicted octanol–water partition coefficient (Wildman–Crippen LogP) is 2.92. The Labute approximate surface area is 146 Å². The number of aromatic nitrogens is 2. The third-order valence-electron chi connectivity index (χ3n) is 4.05. The van der Waals surface area contributed by atoms with E-state index in [9.17, 15) is 9.90 Å². The van der Waals surface area contributed by atoms with Gasteiger partial charge in [-0.15, -0.1) is 0 Å². The number of rotatable bonds is 5. The molecular formula is C20H19N3O2. The molecule has 0 saturated heterocycles. The lowest BCUT2D eigenvalue weighted by Crippen LogP contribution is -2.29. The van der Waals surface area contributed by atoms with Gasteiger partial charge in [-0.3, -0.25) is 4.79 Å². The highest BCUT2D eigenvalue weighted by Gasteiger charge is 2.15. The van der Waals surface area contributed by atoms with E-state index in [1.54, 1.807) is 24.5 Å². The van der Waals surface area contributed by atoms with Gasteiger partial charge in [0.2, 0.25) is 0 Å². The molecule has 5 heteroatoms. The van der Waals surface area contributed by atoms with Crippen LogP contribution in [0.5, 0.6) is 0 Å². The molecule has 2 aromatic carbocycles. The number of aryl methyl sites for hydroxylation is 1. The molecule has 1 unspecified atom stereocenters. The highest BCUT2D eigenvalue weighted by molar-refractivity contribution is 6.00. The first-order valence-corrected chi connectivity index (χ1v) is 8.03. The maximum absolute atomic E-state index is 12.6. The van der Waals surface area contributed by atoms with Crippen LogP contribution in [0.15, 0.2) is 67.3 Å². The molecule has 2 N–H and O–H groups in total. The molecule has 0 aliphatic heterocycles. The summed E-state index contributed by atoms with van der Waals surface area (Å²) in [7, 11) is 0. The number of nitrogens with one attached hydrogen (secondary N) is 1. The first-order valence-electron chi connectivity index (χ1n) is 8.03. The van der Waals surface area contributed by atoms with Crippen molar-refractivity contribution in [3.05, 3.63) is 83.9 Å². The lowest BCUT2D eigenvalue weighted by atomic mass is 10.0. The molecule has 0 saturated carbocycles. The number of nitrogens with zero attached hydrogens (tertiary/aromatic N) is 2. The number of hydrogen-bond donors (Lipinski definition) is 2. The zero-order valence-corrected chi connectivity index (χ0v) is 13.9. The Morgan fingerprint density at radius 1 is 1.08 bits per heavy atom. The van der Waals surface area contributed by atoms with Gasteiger partial charge in [0.05, 0.1) is 6.10 Å². The first kappa shape index (κ1) is 16.8. The Morgan fingerprint density at radius 3 is 2.52 bits per heavy atom. The first-order chi connectivity index (χ1) is 12.2. The summed E-state index contributed by atoms with van der Waals surface area (Å²) in [5.41, 5.74) is 3.85. The molecule has 0 aliphatic carbocycles. The molecule has 1 atom stereocenters. The van der Waals surface area contributed by atoms with Crippen LogP contribution in [0.25, 0.3) is 11.1 Å². The summed E-state index contributed by atoms with van der Waals surface area (Å²) in [5.74, 6) is -0.243. The molecule has 3 aromatic rings. The Bertz CT molecular complexity index is 866. The number of carbonyl (C=O) groups is 1. The van der Waals surface area contributed by atoms with E-state index in [-0.39, 0.29) is 12.5 Å². The van der Waals surface area contributed by atoms with Crippen molar-refractivity contribution in [2.24, 2.45) is 0 Å². The van der Waals surface area contributed by atoms with Crippen LogP contribution in [0.1, 0.15) is 27.6 Å². The van der Waals surface area contributed by atoms with Crippen LogP contribution in [0.4, 0.5) is 0 Å². The smallest absolute Gasteiger partial charge is 0.252 e.